The van der Waals surface area contributed by atoms with Crippen LogP contribution in [-0.2, 0) is 0 Å². The molecule has 3 rings (SSSR count). The van der Waals surface area contributed by atoms with Gasteiger partial charge in [-0.1, -0.05) is 18.2 Å². The molecule has 5 heteroatoms. The summed E-state index contributed by atoms with van der Waals surface area (Å²) in [4.78, 5) is 0. The summed E-state index contributed by atoms with van der Waals surface area (Å²) in [5.74, 6) is -1.93. The van der Waals surface area contributed by atoms with Crippen molar-refractivity contribution in [2.75, 3.05) is 0 Å². The Bertz CT molecular complexity index is 818. The minimum Gasteiger partial charge on any atom is -0.305 e. The largest absolute Gasteiger partial charge is 0.305 e. The lowest BCUT2D eigenvalue weighted by Gasteiger charge is -2.45. The number of hydrogen-bond acceptors (Lipinski definition) is 4. The molecular weight excluding hydrogens is 303 g/mol. The molecule has 0 heterocycles. The molecule has 0 aromatic heterocycles. The molecule has 0 spiro atoms. The standard InChI is InChI=1S/C19H15FN4/c20-13-7-5-12(6-8-13)17-15-4-2-1-3-14(15)16(9-21)18(24)19(17,10-22)11-23/h3,5-8,15-17,24H,1-2,4H2/t15-,16?,17+/m1/s1. The normalized spacial score (nSPS) is 27.8. The fourth-order valence-corrected chi connectivity index (χ4v) is 4.06. The van der Waals surface area contributed by atoms with E-state index in [1.54, 1.807) is 12.1 Å². The van der Waals surface area contributed by atoms with Crippen molar-refractivity contribution in [2.45, 2.75) is 25.2 Å². The first-order valence-corrected chi connectivity index (χ1v) is 7.85. The van der Waals surface area contributed by atoms with Crippen molar-refractivity contribution >= 4 is 5.71 Å². The van der Waals surface area contributed by atoms with Crippen LogP contribution in [0.3, 0.4) is 0 Å². The van der Waals surface area contributed by atoms with Crippen molar-refractivity contribution in [2.24, 2.45) is 17.3 Å². The highest BCUT2D eigenvalue weighted by molar-refractivity contribution is 6.00. The van der Waals surface area contributed by atoms with Crippen LogP contribution in [0.2, 0.25) is 0 Å². The van der Waals surface area contributed by atoms with Gasteiger partial charge < -0.3 is 5.41 Å². The smallest absolute Gasteiger partial charge is 0.189 e. The molecule has 1 fully saturated rings. The Morgan fingerprint density at radius 2 is 1.79 bits per heavy atom. The lowest BCUT2D eigenvalue weighted by atomic mass is 9.53. The third-order valence-electron chi connectivity index (χ3n) is 5.15. The van der Waals surface area contributed by atoms with Crippen LogP contribution < -0.4 is 0 Å². The van der Waals surface area contributed by atoms with Crippen molar-refractivity contribution in [3.8, 4) is 18.2 Å². The van der Waals surface area contributed by atoms with E-state index in [4.69, 9.17) is 5.41 Å². The van der Waals surface area contributed by atoms with Crippen molar-refractivity contribution in [3.05, 3.63) is 47.3 Å². The van der Waals surface area contributed by atoms with E-state index in [1.165, 1.54) is 12.1 Å². The first-order valence-electron chi connectivity index (χ1n) is 7.85. The molecule has 4 nitrogen and oxygen atoms in total. The number of nitriles is 3. The summed E-state index contributed by atoms with van der Waals surface area (Å²) >= 11 is 0. The highest BCUT2D eigenvalue weighted by Gasteiger charge is 2.57. The molecule has 1 unspecified atom stereocenters. The second kappa shape index (κ2) is 5.91. The van der Waals surface area contributed by atoms with Crippen LogP contribution in [0.15, 0.2) is 35.9 Å². The topological polar surface area (TPSA) is 95.2 Å². The summed E-state index contributed by atoms with van der Waals surface area (Å²) in [6, 6.07) is 11.9. The van der Waals surface area contributed by atoms with Gasteiger partial charge in [-0.3, -0.25) is 0 Å². The Kier molecular flexibility index (Phi) is 3.92. The fourth-order valence-electron chi connectivity index (χ4n) is 4.06. The molecule has 1 aromatic rings. The molecule has 118 valence electrons. The van der Waals surface area contributed by atoms with Gasteiger partial charge in [-0.05, 0) is 48.4 Å². The summed E-state index contributed by atoms with van der Waals surface area (Å²) in [7, 11) is 0. The van der Waals surface area contributed by atoms with Gasteiger partial charge in [-0.15, -0.1) is 0 Å². The molecule has 2 aliphatic carbocycles. The molecule has 3 atom stereocenters. The Balaban J connectivity index is 2.24. The van der Waals surface area contributed by atoms with Crippen LogP contribution >= 0.6 is 0 Å². The lowest BCUT2D eigenvalue weighted by Crippen LogP contribution is -2.48. The van der Waals surface area contributed by atoms with Crippen molar-refractivity contribution in [1.82, 2.24) is 0 Å². The summed E-state index contributed by atoms with van der Waals surface area (Å²) in [5, 5.41) is 37.5. The third-order valence-corrected chi connectivity index (χ3v) is 5.15. The zero-order valence-corrected chi connectivity index (χ0v) is 13.0. The van der Waals surface area contributed by atoms with E-state index in [-0.39, 0.29) is 11.6 Å². The zero-order chi connectivity index (χ0) is 17.3. The summed E-state index contributed by atoms with van der Waals surface area (Å²) in [6.07, 6.45) is 4.47. The van der Waals surface area contributed by atoms with Crippen LogP contribution in [0.5, 0.6) is 0 Å². The third kappa shape index (κ3) is 2.12. The molecule has 24 heavy (non-hydrogen) atoms. The molecule has 0 aliphatic heterocycles. The van der Waals surface area contributed by atoms with Crippen LogP contribution in [0.25, 0.3) is 0 Å². The maximum atomic E-state index is 13.3. The summed E-state index contributed by atoms with van der Waals surface area (Å²) < 4.78 is 13.3. The van der Waals surface area contributed by atoms with Crippen LogP contribution in [0.4, 0.5) is 4.39 Å². The molecule has 0 radical (unpaired) electrons. The first kappa shape index (κ1) is 15.9. The first-order chi connectivity index (χ1) is 11.6. The maximum Gasteiger partial charge on any atom is 0.189 e. The maximum absolute atomic E-state index is 13.3. The van der Waals surface area contributed by atoms with Gasteiger partial charge in [0.25, 0.3) is 0 Å². The lowest BCUT2D eigenvalue weighted by molar-refractivity contribution is 0.320. The minimum atomic E-state index is -1.70. The van der Waals surface area contributed by atoms with Gasteiger partial charge in [0.1, 0.15) is 11.7 Å². The second-order valence-corrected chi connectivity index (χ2v) is 6.28. The monoisotopic (exact) mass is 318 g/mol. The van der Waals surface area contributed by atoms with Crippen molar-refractivity contribution < 1.29 is 4.39 Å². The molecule has 1 N–H and O–H groups in total. The Labute approximate surface area is 140 Å². The number of allylic oxidation sites excluding steroid dienone is 2. The SMILES string of the molecule is N#CC1C(=N)C(C#N)(C#N)[C@@H](c2ccc(F)cc2)[C@@H]2CCCC=C12. The molecular formula is C19H15FN4. The molecule has 1 saturated carbocycles. The van der Waals surface area contributed by atoms with Gasteiger partial charge >= 0.3 is 0 Å². The van der Waals surface area contributed by atoms with Gasteiger partial charge in [-0.25, -0.2) is 4.39 Å². The molecule has 2 aliphatic rings. The van der Waals surface area contributed by atoms with E-state index >= 15 is 0 Å². The van der Waals surface area contributed by atoms with E-state index in [0.29, 0.717) is 5.56 Å². The van der Waals surface area contributed by atoms with E-state index in [9.17, 15) is 20.2 Å². The Morgan fingerprint density at radius 3 is 2.38 bits per heavy atom. The highest BCUT2D eigenvalue weighted by Crippen LogP contribution is 2.55. The summed E-state index contributed by atoms with van der Waals surface area (Å²) in [6.45, 7) is 0. The van der Waals surface area contributed by atoms with Gasteiger partial charge in [-0.2, -0.15) is 15.8 Å². The molecule has 1 aromatic carbocycles. The number of hydrogen-bond donors (Lipinski definition) is 1. The predicted molar refractivity (Wildman–Crippen MR) is 85.1 cm³/mol. The van der Waals surface area contributed by atoms with Crippen LogP contribution in [0, 0.1) is 62.5 Å². The van der Waals surface area contributed by atoms with E-state index < -0.39 is 23.1 Å². The van der Waals surface area contributed by atoms with Crippen LogP contribution in [0.1, 0.15) is 30.7 Å². The van der Waals surface area contributed by atoms with Gasteiger partial charge in [0.15, 0.2) is 5.41 Å². The minimum absolute atomic E-state index is 0.151. The number of nitrogens with zero attached hydrogens (tertiary/aromatic N) is 3. The molecule has 0 saturated heterocycles. The van der Waals surface area contributed by atoms with Crippen molar-refractivity contribution in [3.63, 3.8) is 0 Å². The number of benzene rings is 1. The number of halogens is 1. The van der Waals surface area contributed by atoms with Gasteiger partial charge in [0.2, 0.25) is 0 Å². The van der Waals surface area contributed by atoms with Gasteiger partial charge in [0.05, 0.1) is 23.9 Å². The number of fused-ring (bicyclic) bond motifs is 1. The fraction of sp³-hybridized carbons (Fsp3) is 0.368. The molecule has 0 amide bonds. The average Bonchev–Trinajstić information content (AvgIpc) is 2.62. The Morgan fingerprint density at radius 1 is 1.12 bits per heavy atom. The predicted octanol–water partition coefficient (Wildman–Crippen LogP) is 3.84. The molecule has 0 bridgehead atoms. The van der Waals surface area contributed by atoms with E-state index in [2.05, 4.69) is 6.07 Å². The number of rotatable bonds is 1. The average molecular weight is 318 g/mol. The van der Waals surface area contributed by atoms with E-state index in [1.807, 2.05) is 18.2 Å². The highest BCUT2D eigenvalue weighted by atomic mass is 19.1. The quantitative estimate of drug-likeness (QED) is 0.797. The van der Waals surface area contributed by atoms with Crippen LogP contribution in [-0.4, -0.2) is 5.71 Å². The van der Waals surface area contributed by atoms with E-state index in [0.717, 1.165) is 24.8 Å². The number of nitrogens with one attached hydrogen (secondary N) is 1. The zero-order valence-electron chi connectivity index (χ0n) is 13.0. The van der Waals surface area contributed by atoms with Gasteiger partial charge in [0, 0.05) is 5.92 Å². The van der Waals surface area contributed by atoms with Crippen molar-refractivity contribution in [1.29, 1.82) is 21.2 Å². The Hall–Kier alpha value is -2.97. The summed E-state index contributed by atoms with van der Waals surface area (Å²) in [5.41, 5.74) is -0.353. The second-order valence-electron chi connectivity index (χ2n) is 6.28.